The normalized spacial score (nSPS) is 12.5. The van der Waals surface area contributed by atoms with Crippen LogP contribution in [0, 0.1) is 0 Å². The maximum Gasteiger partial charge on any atom is 0.408 e. The number of alkyl carbamates (subject to hydrolysis) is 1. The van der Waals surface area contributed by atoms with Crippen LogP contribution >= 0.6 is 0 Å². The SMILES string of the molecule is CC(C)(C)[Si](C)(C)OCc1ccc(-c2ccc(CO[Si](C)(C)C(C)(C)C)cc2CCCNC(=O)COCCOCCNC(=O)COCCOCCNC(=O)CCC(NC(=O)OCc2ccccc2)C(=O)O)cc1. The number of amides is 4. The van der Waals surface area contributed by atoms with Gasteiger partial charge in [-0.2, -0.15) is 0 Å². The molecule has 3 aromatic rings. The third-order valence-electron chi connectivity index (χ3n) is 13.0. The van der Waals surface area contributed by atoms with Gasteiger partial charge in [-0.25, -0.2) is 9.59 Å². The maximum absolute atomic E-state index is 12.6. The summed E-state index contributed by atoms with van der Waals surface area (Å²) in [5.74, 6) is -2.21. The summed E-state index contributed by atoms with van der Waals surface area (Å²) in [7, 11) is -3.81. The molecule has 1 atom stereocenters. The van der Waals surface area contributed by atoms with E-state index in [9.17, 15) is 29.1 Å². The number of carboxylic acids is 1. The van der Waals surface area contributed by atoms with Gasteiger partial charge in [0.25, 0.3) is 0 Å². The van der Waals surface area contributed by atoms with Gasteiger partial charge >= 0.3 is 12.1 Å². The lowest BCUT2D eigenvalue weighted by Gasteiger charge is -2.36. The molecule has 0 fully saturated rings. The predicted octanol–water partition coefficient (Wildman–Crippen LogP) is 7.90. The standard InChI is InChI=1S/C54H84N4O13Si2/c1-53(2,3)72(7,8)70-37-42-18-21-44(22-19-42)46-23-20-43(38-71-73(9,10)54(4,5)6)35-45(46)17-14-26-55-49(60)39-67-33-32-66-30-28-57-50(61)40-68-34-31-65-29-27-56-48(59)25-24-47(51(62)63)58-52(64)69-36-41-15-12-11-13-16-41/h11-13,15-16,18-23,35,47H,14,17,24-34,36-40H2,1-10H3,(H,55,60)(H,56,59)(H,57,61)(H,58,64)(H,62,63). The van der Waals surface area contributed by atoms with Gasteiger partial charge < -0.3 is 58.9 Å². The molecule has 0 aliphatic carbocycles. The minimum absolute atomic E-state index is 0.0142. The predicted molar refractivity (Wildman–Crippen MR) is 287 cm³/mol. The molecule has 0 radical (unpaired) electrons. The van der Waals surface area contributed by atoms with Crippen LogP contribution < -0.4 is 21.3 Å². The summed E-state index contributed by atoms with van der Waals surface area (Å²) in [5, 5.41) is 20.2. The van der Waals surface area contributed by atoms with Crippen LogP contribution in [0.4, 0.5) is 4.79 Å². The number of aliphatic carboxylic acids is 1. The lowest BCUT2D eigenvalue weighted by atomic mass is 9.94. The Morgan fingerprint density at radius 3 is 1.62 bits per heavy atom. The smallest absolute Gasteiger partial charge is 0.408 e. The molecule has 3 aromatic carbocycles. The average Bonchev–Trinajstić information content (AvgIpc) is 3.33. The minimum atomic E-state index is -1.94. The van der Waals surface area contributed by atoms with E-state index in [1.807, 2.05) is 6.07 Å². The molecule has 4 amide bonds. The second-order valence-electron chi connectivity index (χ2n) is 20.9. The summed E-state index contributed by atoms with van der Waals surface area (Å²) in [6.45, 7) is 25.7. The van der Waals surface area contributed by atoms with Crippen molar-refractivity contribution in [3.05, 3.63) is 95.1 Å². The molecular formula is C54H84N4O13Si2. The van der Waals surface area contributed by atoms with Crippen molar-refractivity contribution in [1.29, 1.82) is 0 Å². The van der Waals surface area contributed by atoms with Crippen molar-refractivity contribution in [2.45, 2.75) is 129 Å². The van der Waals surface area contributed by atoms with Gasteiger partial charge in [-0.3, -0.25) is 14.4 Å². The fourth-order valence-electron chi connectivity index (χ4n) is 6.40. The van der Waals surface area contributed by atoms with Crippen LogP contribution in [-0.4, -0.2) is 130 Å². The van der Waals surface area contributed by atoms with Crippen molar-refractivity contribution in [1.82, 2.24) is 21.3 Å². The number of rotatable bonds is 34. The second kappa shape index (κ2) is 31.7. The first-order valence-electron chi connectivity index (χ1n) is 25.3. The monoisotopic (exact) mass is 1050 g/mol. The number of carbonyl (C=O) groups is 5. The first-order chi connectivity index (χ1) is 34.5. The molecule has 17 nitrogen and oxygen atoms in total. The van der Waals surface area contributed by atoms with E-state index in [1.165, 1.54) is 5.56 Å². The number of hydrogen-bond acceptors (Lipinski definition) is 12. The van der Waals surface area contributed by atoms with Crippen LogP contribution in [0.5, 0.6) is 0 Å². The van der Waals surface area contributed by atoms with E-state index in [4.69, 9.17) is 32.5 Å². The average molecular weight is 1050 g/mol. The van der Waals surface area contributed by atoms with Gasteiger partial charge in [0.2, 0.25) is 17.7 Å². The Bertz CT molecular complexity index is 2150. The molecule has 0 bridgehead atoms. The number of ether oxygens (including phenoxy) is 5. The topological polar surface area (TPSA) is 218 Å². The number of carboxylic acid groups (broad SMARTS) is 1. The fraction of sp³-hybridized carbons (Fsp3) is 0.574. The summed E-state index contributed by atoms with van der Waals surface area (Å²) in [5.41, 5.74) is 6.55. The Balaban J connectivity index is 1.24. The van der Waals surface area contributed by atoms with Crippen LogP contribution in [0.2, 0.25) is 36.3 Å². The Labute approximate surface area is 435 Å². The minimum Gasteiger partial charge on any atom is -0.480 e. The Hall–Kier alpha value is -5.00. The zero-order valence-electron chi connectivity index (χ0n) is 45.1. The van der Waals surface area contributed by atoms with Crippen molar-refractivity contribution in [2.24, 2.45) is 0 Å². The van der Waals surface area contributed by atoms with E-state index in [2.05, 4.69) is 131 Å². The molecule has 0 aromatic heterocycles. The third-order valence-corrected chi connectivity index (χ3v) is 22.0. The number of hydrogen-bond donors (Lipinski definition) is 5. The lowest BCUT2D eigenvalue weighted by molar-refractivity contribution is -0.139. The van der Waals surface area contributed by atoms with Crippen LogP contribution in [0.3, 0.4) is 0 Å². The van der Waals surface area contributed by atoms with E-state index < -0.39 is 40.6 Å². The number of aryl methyl sites for hydroxylation is 1. The molecule has 0 aliphatic heterocycles. The van der Waals surface area contributed by atoms with E-state index in [-0.39, 0.29) is 107 Å². The van der Waals surface area contributed by atoms with Crippen molar-refractivity contribution in [3.63, 3.8) is 0 Å². The number of carbonyl (C=O) groups excluding carboxylic acids is 4. The Morgan fingerprint density at radius 2 is 1.07 bits per heavy atom. The molecule has 0 saturated heterocycles. The zero-order valence-corrected chi connectivity index (χ0v) is 47.1. The van der Waals surface area contributed by atoms with Gasteiger partial charge in [0, 0.05) is 26.1 Å². The van der Waals surface area contributed by atoms with Gasteiger partial charge in [-0.05, 0) is 88.9 Å². The molecule has 5 N–H and O–H groups in total. The molecule has 19 heteroatoms. The number of benzene rings is 3. The molecule has 0 saturated carbocycles. The fourth-order valence-corrected chi connectivity index (χ4v) is 8.32. The van der Waals surface area contributed by atoms with Gasteiger partial charge in [-0.15, -0.1) is 0 Å². The summed E-state index contributed by atoms with van der Waals surface area (Å²) in [4.78, 5) is 60.4. The van der Waals surface area contributed by atoms with E-state index in [0.717, 1.165) is 40.7 Å². The molecule has 0 aliphatic rings. The summed E-state index contributed by atoms with van der Waals surface area (Å²) in [6, 6.07) is 22.9. The highest BCUT2D eigenvalue weighted by Crippen LogP contribution is 2.38. The Kier molecular flexibility index (Phi) is 27.0. The van der Waals surface area contributed by atoms with Crippen molar-refractivity contribution in [3.8, 4) is 11.1 Å². The quantitative estimate of drug-likeness (QED) is 0.0284. The highest BCUT2D eigenvalue weighted by atomic mass is 28.4. The molecule has 1 unspecified atom stereocenters. The highest BCUT2D eigenvalue weighted by molar-refractivity contribution is 6.74. The van der Waals surface area contributed by atoms with Crippen molar-refractivity contribution in [2.75, 3.05) is 72.5 Å². The van der Waals surface area contributed by atoms with Crippen LogP contribution in [0.25, 0.3) is 11.1 Å². The van der Waals surface area contributed by atoms with Crippen LogP contribution in [-0.2, 0) is 78.0 Å². The van der Waals surface area contributed by atoms with E-state index >= 15 is 0 Å². The van der Waals surface area contributed by atoms with Crippen LogP contribution in [0.1, 0.15) is 83.1 Å². The molecule has 73 heavy (non-hydrogen) atoms. The highest BCUT2D eigenvalue weighted by Gasteiger charge is 2.38. The molecule has 406 valence electrons. The first kappa shape index (κ1) is 62.3. The lowest BCUT2D eigenvalue weighted by Crippen LogP contribution is -2.42. The molecule has 0 spiro atoms. The van der Waals surface area contributed by atoms with Crippen molar-refractivity contribution < 1.29 is 61.6 Å². The molecule has 3 rings (SSSR count). The first-order valence-corrected chi connectivity index (χ1v) is 31.1. The summed E-state index contributed by atoms with van der Waals surface area (Å²) < 4.78 is 39.9. The molecular weight excluding hydrogens is 969 g/mol. The second-order valence-corrected chi connectivity index (χ2v) is 30.5. The third kappa shape index (κ3) is 24.7. The maximum atomic E-state index is 12.6. The van der Waals surface area contributed by atoms with Crippen LogP contribution in [0.15, 0.2) is 72.8 Å². The van der Waals surface area contributed by atoms with E-state index in [1.54, 1.807) is 24.3 Å². The van der Waals surface area contributed by atoms with Crippen molar-refractivity contribution >= 4 is 46.4 Å². The summed E-state index contributed by atoms with van der Waals surface area (Å²) in [6.07, 6.45) is 0.375. The number of nitrogens with one attached hydrogen (secondary N) is 4. The van der Waals surface area contributed by atoms with Gasteiger partial charge in [0.05, 0.1) is 52.9 Å². The molecule has 0 heterocycles. The van der Waals surface area contributed by atoms with E-state index in [0.29, 0.717) is 19.8 Å². The zero-order chi connectivity index (χ0) is 53.9. The van der Waals surface area contributed by atoms with Gasteiger partial charge in [-0.1, -0.05) is 114 Å². The van der Waals surface area contributed by atoms with Gasteiger partial charge in [0.1, 0.15) is 25.9 Å². The largest absolute Gasteiger partial charge is 0.480 e. The van der Waals surface area contributed by atoms with Gasteiger partial charge in [0.15, 0.2) is 16.6 Å². The summed E-state index contributed by atoms with van der Waals surface area (Å²) >= 11 is 0. The Morgan fingerprint density at radius 1 is 0.575 bits per heavy atom.